The minimum absolute atomic E-state index is 0.0246. The average Bonchev–Trinajstić information content (AvgIpc) is 2.74. The molecule has 1 heterocycles. The van der Waals surface area contributed by atoms with E-state index in [1.165, 1.54) is 45.6 Å². The Kier molecular flexibility index (Phi) is 6.75. The van der Waals surface area contributed by atoms with E-state index in [4.69, 9.17) is 23.2 Å². The van der Waals surface area contributed by atoms with Crippen LogP contribution < -0.4 is 4.90 Å². The monoisotopic (exact) mass is 486 g/mol. The first-order valence-corrected chi connectivity index (χ1v) is 11.4. The Morgan fingerprint density at radius 2 is 1.68 bits per heavy atom. The van der Waals surface area contributed by atoms with Crippen molar-refractivity contribution in [1.82, 2.24) is 9.21 Å². The van der Waals surface area contributed by atoms with Gasteiger partial charge in [0.15, 0.2) is 0 Å². The molecule has 0 bridgehead atoms. The molecule has 0 N–H and O–H groups in total. The summed E-state index contributed by atoms with van der Waals surface area (Å²) in [6.45, 7) is 0.490. The lowest BCUT2D eigenvalue weighted by molar-refractivity contribution is -0.384. The molecule has 0 aromatic heterocycles. The van der Waals surface area contributed by atoms with Gasteiger partial charge in [-0.2, -0.15) is 4.31 Å². The van der Waals surface area contributed by atoms with Gasteiger partial charge >= 0.3 is 0 Å². The molecule has 166 valence electrons. The standard InChI is InChI=1S/C19H20Cl2N4O5S/c1-22(2)17-6-3-13(11-18(17)25(27)28)19(26)23-7-9-24(10-8-23)31(29,30)14-4-5-15(20)16(21)12-14/h3-6,11-12H,7-10H2,1-2H3. The Morgan fingerprint density at radius 1 is 1.03 bits per heavy atom. The zero-order chi connectivity index (χ0) is 22.9. The van der Waals surface area contributed by atoms with Crippen LogP contribution in [-0.2, 0) is 10.0 Å². The van der Waals surface area contributed by atoms with Crippen LogP contribution in [0.2, 0.25) is 10.0 Å². The van der Waals surface area contributed by atoms with Gasteiger partial charge in [-0.1, -0.05) is 23.2 Å². The molecule has 1 aliphatic heterocycles. The Hall–Kier alpha value is -2.40. The first kappa shape index (κ1) is 23.3. The molecule has 1 saturated heterocycles. The van der Waals surface area contributed by atoms with E-state index in [1.807, 2.05) is 0 Å². The molecule has 2 aromatic carbocycles. The number of piperazine rings is 1. The van der Waals surface area contributed by atoms with E-state index in [0.717, 1.165) is 0 Å². The van der Waals surface area contributed by atoms with E-state index in [1.54, 1.807) is 19.0 Å². The number of nitrogens with zero attached hydrogens (tertiary/aromatic N) is 4. The quantitative estimate of drug-likeness (QED) is 0.474. The average molecular weight is 487 g/mol. The van der Waals surface area contributed by atoms with Crippen molar-refractivity contribution >= 4 is 50.5 Å². The number of sulfonamides is 1. The van der Waals surface area contributed by atoms with Crippen LogP contribution >= 0.6 is 23.2 Å². The van der Waals surface area contributed by atoms with Crippen molar-refractivity contribution in [2.75, 3.05) is 45.2 Å². The maximum Gasteiger partial charge on any atom is 0.293 e. The zero-order valence-corrected chi connectivity index (χ0v) is 19.1. The van der Waals surface area contributed by atoms with Crippen LogP contribution in [-0.4, -0.2) is 68.7 Å². The fourth-order valence-electron chi connectivity index (χ4n) is 3.28. The topological polar surface area (TPSA) is 104 Å². The first-order valence-electron chi connectivity index (χ1n) is 9.22. The maximum absolute atomic E-state index is 12.9. The van der Waals surface area contributed by atoms with Gasteiger partial charge in [-0.15, -0.1) is 0 Å². The molecule has 1 amide bonds. The summed E-state index contributed by atoms with van der Waals surface area (Å²) in [5.41, 5.74) is 0.397. The molecule has 31 heavy (non-hydrogen) atoms. The molecule has 12 heteroatoms. The second-order valence-corrected chi connectivity index (χ2v) is 9.88. The van der Waals surface area contributed by atoms with Crippen molar-refractivity contribution in [2.45, 2.75) is 4.90 Å². The second-order valence-electron chi connectivity index (χ2n) is 7.13. The minimum Gasteiger partial charge on any atom is -0.372 e. The van der Waals surface area contributed by atoms with E-state index in [9.17, 15) is 23.3 Å². The summed E-state index contributed by atoms with van der Waals surface area (Å²) in [7, 11) is -0.435. The number of benzene rings is 2. The van der Waals surface area contributed by atoms with Gasteiger partial charge in [0.25, 0.3) is 11.6 Å². The number of hydrogen-bond acceptors (Lipinski definition) is 6. The van der Waals surface area contributed by atoms with E-state index in [2.05, 4.69) is 0 Å². The Labute approximate surface area is 189 Å². The van der Waals surface area contributed by atoms with Crippen LogP contribution in [0.1, 0.15) is 10.4 Å². The first-order chi connectivity index (χ1) is 14.5. The van der Waals surface area contributed by atoms with Gasteiger partial charge in [0.05, 0.1) is 19.9 Å². The number of halogens is 2. The normalized spacial score (nSPS) is 15.0. The van der Waals surface area contributed by atoms with Crippen molar-refractivity contribution in [3.8, 4) is 0 Å². The molecule has 3 rings (SSSR count). The number of carbonyl (C=O) groups is 1. The summed E-state index contributed by atoms with van der Waals surface area (Å²) in [5.74, 6) is -0.389. The van der Waals surface area contributed by atoms with E-state index in [0.29, 0.717) is 5.69 Å². The third-order valence-corrected chi connectivity index (χ3v) is 7.59. The number of amides is 1. The van der Waals surface area contributed by atoms with Crippen molar-refractivity contribution < 1.29 is 18.1 Å². The molecular formula is C19H20Cl2N4O5S. The highest BCUT2D eigenvalue weighted by atomic mass is 35.5. The lowest BCUT2D eigenvalue weighted by Gasteiger charge is -2.34. The molecule has 1 fully saturated rings. The van der Waals surface area contributed by atoms with Crippen LogP contribution in [0.3, 0.4) is 0 Å². The highest BCUT2D eigenvalue weighted by molar-refractivity contribution is 7.89. The third-order valence-electron chi connectivity index (χ3n) is 4.96. The molecule has 0 unspecified atom stereocenters. The zero-order valence-electron chi connectivity index (χ0n) is 16.8. The SMILES string of the molecule is CN(C)c1ccc(C(=O)N2CCN(S(=O)(=O)c3ccc(Cl)c(Cl)c3)CC2)cc1[N+](=O)[O-]. The van der Waals surface area contributed by atoms with Gasteiger partial charge in [0.2, 0.25) is 10.0 Å². The summed E-state index contributed by atoms with van der Waals surface area (Å²) >= 11 is 11.8. The Bertz CT molecular complexity index is 1130. The molecule has 0 saturated carbocycles. The molecule has 1 aliphatic rings. The predicted molar refractivity (Wildman–Crippen MR) is 119 cm³/mol. The van der Waals surface area contributed by atoms with Crippen LogP contribution in [0.5, 0.6) is 0 Å². The van der Waals surface area contributed by atoms with Crippen LogP contribution in [0.25, 0.3) is 0 Å². The summed E-state index contributed by atoms with van der Waals surface area (Å²) in [6.07, 6.45) is 0. The summed E-state index contributed by atoms with van der Waals surface area (Å²) < 4.78 is 27.0. The van der Waals surface area contributed by atoms with E-state index >= 15 is 0 Å². The van der Waals surface area contributed by atoms with Gasteiger partial charge in [-0.05, 0) is 30.3 Å². The number of rotatable bonds is 5. The molecule has 2 aromatic rings. The van der Waals surface area contributed by atoms with Gasteiger partial charge in [-0.25, -0.2) is 8.42 Å². The number of nitro groups is 1. The second kappa shape index (κ2) is 8.99. The minimum atomic E-state index is -3.79. The van der Waals surface area contributed by atoms with Crippen molar-refractivity contribution in [3.05, 3.63) is 62.1 Å². The smallest absolute Gasteiger partial charge is 0.293 e. The fraction of sp³-hybridized carbons (Fsp3) is 0.316. The van der Waals surface area contributed by atoms with E-state index < -0.39 is 14.9 Å². The van der Waals surface area contributed by atoms with Crippen molar-refractivity contribution in [1.29, 1.82) is 0 Å². The highest BCUT2D eigenvalue weighted by Gasteiger charge is 2.31. The Balaban J connectivity index is 1.75. The van der Waals surface area contributed by atoms with Crippen molar-refractivity contribution in [2.24, 2.45) is 0 Å². The number of carbonyl (C=O) groups excluding carboxylic acids is 1. The molecule has 0 atom stereocenters. The van der Waals surface area contributed by atoms with Gasteiger partial charge in [0.1, 0.15) is 5.69 Å². The number of anilines is 1. The predicted octanol–water partition coefficient (Wildman–Crippen LogP) is 3.11. The molecule has 9 nitrogen and oxygen atoms in total. The molecule has 0 radical (unpaired) electrons. The highest BCUT2D eigenvalue weighted by Crippen LogP contribution is 2.29. The van der Waals surface area contributed by atoms with Gasteiger partial charge in [0, 0.05) is 51.9 Å². The molecule has 0 aliphatic carbocycles. The number of nitro benzene ring substituents is 1. The Morgan fingerprint density at radius 3 is 2.23 bits per heavy atom. The maximum atomic E-state index is 12.9. The van der Waals surface area contributed by atoms with Crippen LogP contribution in [0.4, 0.5) is 11.4 Å². The number of hydrogen-bond donors (Lipinski definition) is 0. The summed E-state index contributed by atoms with van der Waals surface area (Å²) in [5, 5.41) is 11.8. The van der Waals surface area contributed by atoms with Crippen LogP contribution in [0, 0.1) is 10.1 Å². The van der Waals surface area contributed by atoms with Crippen LogP contribution in [0.15, 0.2) is 41.3 Å². The van der Waals surface area contributed by atoms with Gasteiger partial charge < -0.3 is 9.80 Å². The van der Waals surface area contributed by atoms with E-state index in [-0.39, 0.29) is 58.3 Å². The summed E-state index contributed by atoms with van der Waals surface area (Å²) in [6, 6.07) is 8.39. The fourth-order valence-corrected chi connectivity index (χ4v) is 5.09. The lowest BCUT2D eigenvalue weighted by Crippen LogP contribution is -2.50. The molecular weight excluding hydrogens is 467 g/mol. The third kappa shape index (κ3) is 4.77. The summed E-state index contributed by atoms with van der Waals surface area (Å²) in [4.78, 5) is 26.8. The molecule has 0 spiro atoms. The lowest BCUT2D eigenvalue weighted by atomic mass is 10.1. The van der Waals surface area contributed by atoms with Gasteiger partial charge in [-0.3, -0.25) is 14.9 Å². The largest absolute Gasteiger partial charge is 0.372 e. The van der Waals surface area contributed by atoms with Crippen molar-refractivity contribution in [3.63, 3.8) is 0 Å².